The van der Waals surface area contributed by atoms with E-state index in [1.807, 2.05) is 18.2 Å². The fourth-order valence-corrected chi connectivity index (χ4v) is 4.48. The molecule has 6 heteroatoms. The normalized spacial score (nSPS) is 27.6. The minimum atomic E-state index is -0.359. The Labute approximate surface area is 148 Å². The van der Waals surface area contributed by atoms with Crippen molar-refractivity contribution in [2.45, 2.75) is 44.1 Å². The number of carbonyl (C=O) groups is 1. The van der Waals surface area contributed by atoms with E-state index >= 15 is 0 Å². The number of methoxy groups -OCH3 is 1. The summed E-state index contributed by atoms with van der Waals surface area (Å²) in [7, 11) is 3.28. The SMILES string of the molecule is COC1CCC2(CC1)Cc1ccc(C#N)cc1C2C(=O)N(C)C(=N)N. The summed E-state index contributed by atoms with van der Waals surface area (Å²) in [5, 5.41) is 16.9. The lowest BCUT2D eigenvalue weighted by atomic mass is 9.65. The van der Waals surface area contributed by atoms with Crippen molar-refractivity contribution in [1.29, 1.82) is 10.7 Å². The Hall–Kier alpha value is -2.39. The van der Waals surface area contributed by atoms with E-state index < -0.39 is 0 Å². The Morgan fingerprint density at radius 2 is 2.12 bits per heavy atom. The Balaban J connectivity index is 2.03. The maximum atomic E-state index is 13.2. The number of guanidine groups is 1. The fourth-order valence-electron chi connectivity index (χ4n) is 4.48. The predicted molar refractivity (Wildman–Crippen MR) is 94.0 cm³/mol. The molecule has 1 fully saturated rings. The van der Waals surface area contributed by atoms with Gasteiger partial charge in [-0.2, -0.15) is 5.26 Å². The van der Waals surface area contributed by atoms with Crippen LogP contribution in [0.25, 0.3) is 0 Å². The van der Waals surface area contributed by atoms with Crippen molar-refractivity contribution in [2.24, 2.45) is 11.1 Å². The van der Waals surface area contributed by atoms with E-state index in [-0.39, 0.29) is 29.3 Å². The van der Waals surface area contributed by atoms with Crippen molar-refractivity contribution in [3.05, 3.63) is 34.9 Å². The van der Waals surface area contributed by atoms with Crippen LogP contribution in [0.1, 0.15) is 48.3 Å². The molecule has 3 rings (SSSR count). The zero-order valence-electron chi connectivity index (χ0n) is 14.7. The second-order valence-corrected chi connectivity index (χ2v) is 7.22. The Morgan fingerprint density at radius 3 is 2.68 bits per heavy atom. The van der Waals surface area contributed by atoms with Gasteiger partial charge in [-0.25, -0.2) is 0 Å². The zero-order valence-corrected chi connectivity index (χ0v) is 14.7. The lowest BCUT2D eigenvalue weighted by Crippen LogP contribution is -2.46. The van der Waals surface area contributed by atoms with Crippen LogP contribution in [-0.4, -0.2) is 37.0 Å². The van der Waals surface area contributed by atoms with Crippen molar-refractivity contribution in [1.82, 2.24) is 4.90 Å². The molecule has 6 nitrogen and oxygen atoms in total. The second-order valence-electron chi connectivity index (χ2n) is 7.22. The number of fused-ring (bicyclic) bond motifs is 1. The Bertz CT molecular complexity index is 744. The monoisotopic (exact) mass is 340 g/mol. The zero-order chi connectivity index (χ0) is 18.2. The van der Waals surface area contributed by atoms with Gasteiger partial charge in [0, 0.05) is 14.2 Å². The topological polar surface area (TPSA) is 103 Å². The third kappa shape index (κ3) is 2.89. The summed E-state index contributed by atoms with van der Waals surface area (Å²) in [4.78, 5) is 14.4. The lowest BCUT2D eigenvalue weighted by molar-refractivity contribution is -0.132. The standard InChI is InChI=1S/C19H24N4O2/c1-23(18(21)22)17(24)16-15-9-12(11-20)3-4-13(15)10-19(16)7-5-14(25-2)6-8-19/h3-4,9,14,16H,5-8,10H2,1-2H3,(H3,21,22). The number of ether oxygens (including phenoxy) is 1. The predicted octanol–water partition coefficient (Wildman–Crippen LogP) is 2.13. The molecule has 0 bridgehead atoms. The molecule has 1 unspecified atom stereocenters. The summed E-state index contributed by atoms with van der Waals surface area (Å²) in [6.45, 7) is 0. The van der Waals surface area contributed by atoms with Gasteiger partial charge in [0.15, 0.2) is 5.96 Å². The number of carbonyl (C=O) groups excluding carboxylic acids is 1. The van der Waals surface area contributed by atoms with Crippen LogP contribution < -0.4 is 5.73 Å². The van der Waals surface area contributed by atoms with Gasteiger partial charge in [0.2, 0.25) is 5.91 Å². The summed E-state index contributed by atoms with van der Waals surface area (Å²) in [5.41, 5.74) is 8.00. The van der Waals surface area contributed by atoms with Crippen LogP contribution >= 0.6 is 0 Å². The van der Waals surface area contributed by atoms with Gasteiger partial charge in [0.25, 0.3) is 0 Å². The number of nitrogens with zero attached hydrogens (tertiary/aromatic N) is 2. The molecule has 0 heterocycles. The first kappa shape index (κ1) is 17.4. The van der Waals surface area contributed by atoms with Gasteiger partial charge in [0.1, 0.15) is 0 Å². The van der Waals surface area contributed by atoms with E-state index in [0.717, 1.165) is 43.2 Å². The molecule has 2 aliphatic rings. The van der Waals surface area contributed by atoms with Gasteiger partial charge in [-0.3, -0.25) is 15.1 Å². The molecule has 132 valence electrons. The largest absolute Gasteiger partial charge is 0.381 e. The van der Waals surface area contributed by atoms with Gasteiger partial charge in [-0.1, -0.05) is 6.07 Å². The number of hydrogen-bond acceptors (Lipinski definition) is 4. The highest BCUT2D eigenvalue weighted by molar-refractivity contribution is 5.98. The molecule has 1 saturated carbocycles. The average molecular weight is 340 g/mol. The van der Waals surface area contributed by atoms with E-state index in [2.05, 4.69) is 6.07 Å². The minimum absolute atomic E-state index is 0.155. The molecule has 1 aromatic rings. The van der Waals surface area contributed by atoms with E-state index in [4.69, 9.17) is 15.9 Å². The van der Waals surface area contributed by atoms with Gasteiger partial charge in [-0.05, 0) is 60.8 Å². The molecule has 0 aliphatic heterocycles. The van der Waals surface area contributed by atoms with Crippen molar-refractivity contribution >= 4 is 11.9 Å². The summed E-state index contributed by atoms with van der Waals surface area (Å²) < 4.78 is 5.50. The third-order valence-corrected chi connectivity index (χ3v) is 5.94. The molecule has 1 aromatic carbocycles. The lowest BCUT2D eigenvalue weighted by Gasteiger charge is -2.41. The summed E-state index contributed by atoms with van der Waals surface area (Å²) in [6, 6.07) is 7.79. The summed E-state index contributed by atoms with van der Waals surface area (Å²) >= 11 is 0. The molecular weight excluding hydrogens is 316 g/mol. The number of likely N-dealkylation sites (N-methyl/N-ethyl adjacent to an activating group) is 1. The van der Waals surface area contributed by atoms with Gasteiger partial charge < -0.3 is 10.5 Å². The Kier molecular flexibility index (Phi) is 4.53. The fraction of sp³-hybridized carbons (Fsp3) is 0.526. The quantitative estimate of drug-likeness (QED) is 0.636. The van der Waals surface area contributed by atoms with E-state index in [9.17, 15) is 10.1 Å². The molecule has 0 aromatic heterocycles. The summed E-state index contributed by atoms with van der Waals surface area (Å²) in [5.74, 6) is -0.768. The van der Waals surface area contributed by atoms with Gasteiger partial charge in [0.05, 0.1) is 23.7 Å². The van der Waals surface area contributed by atoms with Crippen LogP contribution in [0.15, 0.2) is 18.2 Å². The van der Waals surface area contributed by atoms with Crippen molar-refractivity contribution < 1.29 is 9.53 Å². The van der Waals surface area contributed by atoms with Crippen molar-refractivity contribution in [2.75, 3.05) is 14.2 Å². The molecule has 0 radical (unpaired) electrons. The molecule has 1 atom stereocenters. The minimum Gasteiger partial charge on any atom is -0.381 e. The molecule has 25 heavy (non-hydrogen) atoms. The number of amides is 1. The smallest absolute Gasteiger partial charge is 0.237 e. The van der Waals surface area contributed by atoms with Crippen molar-refractivity contribution in [3.63, 3.8) is 0 Å². The molecule has 3 N–H and O–H groups in total. The number of nitrogens with two attached hydrogens (primary N) is 1. The molecular formula is C19H24N4O2. The van der Waals surface area contributed by atoms with Gasteiger partial charge in [-0.15, -0.1) is 0 Å². The van der Waals surface area contributed by atoms with Crippen LogP contribution in [0.5, 0.6) is 0 Å². The maximum absolute atomic E-state index is 13.2. The highest BCUT2D eigenvalue weighted by Crippen LogP contribution is 2.56. The first-order valence-corrected chi connectivity index (χ1v) is 8.59. The number of benzene rings is 1. The molecule has 1 amide bonds. The van der Waals surface area contributed by atoms with Crippen LogP contribution in [-0.2, 0) is 16.0 Å². The summed E-state index contributed by atoms with van der Waals surface area (Å²) in [6.07, 6.45) is 4.69. The average Bonchev–Trinajstić information content (AvgIpc) is 2.93. The van der Waals surface area contributed by atoms with Crippen molar-refractivity contribution in [3.8, 4) is 6.07 Å². The second kappa shape index (κ2) is 6.49. The number of rotatable bonds is 2. The van der Waals surface area contributed by atoms with E-state index in [1.54, 1.807) is 14.2 Å². The highest BCUT2D eigenvalue weighted by atomic mass is 16.5. The molecule has 2 aliphatic carbocycles. The van der Waals surface area contributed by atoms with Crippen LogP contribution in [0.4, 0.5) is 0 Å². The van der Waals surface area contributed by atoms with E-state index in [1.165, 1.54) is 4.90 Å². The number of hydrogen-bond donors (Lipinski definition) is 2. The molecule has 1 spiro atoms. The van der Waals surface area contributed by atoms with Gasteiger partial charge >= 0.3 is 0 Å². The highest BCUT2D eigenvalue weighted by Gasteiger charge is 2.52. The first-order chi connectivity index (χ1) is 11.9. The third-order valence-electron chi connectivity index (χ3n) is 5.94. The Morgan fingerprint density at radius 1 is 1.44 bits per heavy atom. The van der Waals surface area contributed by atoms with Crippen LogP contribution in [0, 0.1) is 22.2 Å². The van der Waals surface area contributed by atoms with Crippen LogP contribution in [0.2, 0.25) is 0 Å². The maximum Gasteiger partial charge on any atom is 0.237 e. The number of nitriles is 1. The molecule has 0 saturated heterocycles. The first-order valence-electron chi connectivity index (χ1n) is 8.59. The van der Waals surface area contributed by atoms with E-state index in [0.29, 0.717) is 5.56 Å². The number of nitrogens with one attached hydrogen (secondary N) is 1. The van der Waals surface area contributed by atoms with Crippen LogP contribution in [0.3, 0.4) is 0 Å².